The van der Waals surface area contributed by atoms with Crippen LogP contribution in [0.3, 0.4) is 0 Å². The third kappa shape index (κ3) is 3.28. The summed E-state index contributed by atoms with van der Waals surface area (Å²) in [6.45, 7) is 10.0. The second-order valence-corrected chi connectivity index (χ2v) is 6.52. The zero-order chi connectivity index (χ0) is 14.8. The summed E-state index contributed by atoms with van der Waals surface area (Å²) in [5, 5.41) is 6.37. The van der Waals surface area contributed by atoms with Crippen LogP contribution in [0.2, 0.25) is 0 Å². The molecular weight excluding hydrogens is 248 g/mol. The molecule has 2 rings (SSSR count). The van der Waals surface area contributed by atoms with Crippen LogP contribution in [0.4, 0.5) is 0 Å². The Morgan fingerprint density at radius 2 is 1.80 bits per heavy atom. The van der Waals surface area contributed by atoms with Gasteiger partial charge in [-0.15, -0.1) is 0 Å². The fourth-order valence-electron chi connectivity index (χ4n) is 2.36. The molecule has 1 heterocycles. The van der Waals surface area contributed by atoms with Gasteiger partial charge in [-0.05, 0) is 23.5 Å². The Balaban J connectivity index is 2.19. The first-order valence-electron chi connectivity index (χ1n) is 7.15. The smallest absolute Gasteiger partial charge is 0.247 e. The molecule has 2 N–H and O–H groups in total. The average Bonchev–Trinajstić information content (AvgIpc) is 2.33. The molecule has 1 aromatic rings. The van der Waals surface area contributed by atoms with Crippen molar-refractivity contribution in [3.8, 4) is 0 Å². The number of hydrogen-bond donors (Lipinski definition) is 2. The van der Waals surface area contributed by atoms with Crippen LogP contribution in [0, 0.1) is 5.41 Å². The van der Waals surface area contributed by atoms with E-state index >= 15 is 0 Å². The van der Waals surface area contributed by atoms with Crippen LogP contribution in [-0.4, -0.2) is 19.0 Å². The Labute approximate surface area is 121 Å². The topological polar surface area (TPSA) is 41.1 Å². The third-order valence-electron chi connectivity index (χ3n) is 3.82. The van der Waals surface area contributed by atoms with Crippen LogP contribution < -0.4 is 10.6 Å². The maximum atomic E-state index is 12.4. The molecule has 3 heteroatoms. The fourth-order valence-corrected chi connectivity index (χ4v) is 2.36. The van der Waals surface area contributed by atoms with E-state index in [0.29, 0.717) is 0 Å². The van der Waals surface area contributed by atoms with Crippen molar-refractivity contribution in [1.82, 2.24) is 10.6 Å². The molecule has 0 radical (unpaired) electrons. The maximum Gasteiger partial charge on any atom is 0.247 e. The van der Waals surface area contributed by atoms with E-state index in [2.05, 4.69) is 43.5 Å². The largest absolute Gasteiger partial charge is 0.345 e. The van der Waals surface area contributed by atoms with Gasteiger partial charge < -0.3 is 10.6 Å². The van der Waals surface area contributed by atoms with E-state index in [9.17, 15) is 4.79 Å². The van der Waals surface area contributed by atoms with Crippen molar-refractivity contribution in [3.05, 3.63) is 47.0 Å². The summed E-state index contributed by atoms with van der Waals surface area (Å²) < 4.78 is 0. The minimum absolute atomic E-state index is 0.0137. The van der Waals surface area contributed by atoms with Crippen LogP contribution >= 0.6 is 0 Å². The Morgan fingerprint density at radius 3 is 2.25 bits per heavy atom. The van der Waals surface area contributed by atoms with Gasteiger partial charge in [0.15, 0.2) is 0 Å². The van der Waals surface area contributed by atoms with Gasteiger partial charge in [0, 0.05) is 18.7 Å². The molecule has 1 fully saturated rings. The standard InChI is InChI=1S/C17H24N2O/c1-12(14-10-18-11-14)16(20)19-15(17(2,3)4)13-8-6-5-7-9-13/h5-9,15,18H,10-11H2,1-4H3,(H,19,20). The Morgan fingerprint density at radius 1 is 1.20 bits per heavy atom. The van der Waals surface area contributed by atoms with Gasteiger partial charge in [-0.25, -0.2) is 0 Å². The van der Waals surface area contributed by atoms with E-state index in [1.165, 1.54) is 5.57 Å². The molecule has 0 aliphatic carbocycles. The lowest BCUT2D eigenvalue weighted by Gasteiger charge is -2.33. The molecule has 1 atom stereocenters. The predicted molar refractivity (Wildman–Crippen MR) is 82.4 cm³/mol. The van der Waals surface area contributed by atoms with Crippen LogP contribution in [0.1, 0.15) is 39.3 Å². The first-order valence-corrected chi connectivity index (χ1v) is 7.15. The van der Waals surface area contributed by atoms with Crippen LogP contribution in [0.5, 0.6) is 0 Å². The van der Waals surface area contributed by atoms with Crippen molar-refractivity contribution in [2.45, 2.75) is 33.7 Å². The number of carbonyl (C=O) groups excluding carboxylic acids is 1. The SMILES string of the molecule is CC(C(=O)NC(c1ccccc1)C(C)(C)C)=C1CNC1. The maximum absolute atomic E-state index is 12.4. The van der Waals surface area contributed by atoms with Gasteiger partial charge in [-0.1, -0.05) is 51.1 Å². The molecule has 20 heavy (non-hydrogen) atoms. The number of hydrogen-bond acceptors (Lipinski definition) is 2. The van der Waals surface area contributed by atoms with E-state index in [1.54, 1.807) is 0 Å². The highest BCUT2D eigenvalue weighted by Gasteiger charge is 2.28. The summed E-state index contributed by atoms with van der Waals surface area (Å²) in [7, 11) is 0. The summed E-state index contributed by atoms with van der Waals surface area (Å²) in [6, 6.07) is 10.2. The Bertz CT molecular complexity index is 506. The van der Waals surface area contributed by atoms with Crippen molar-refractivity contribution >= 4 is 5.91 Å². The Hall–Kier alpha value is -1.61. The zero-order valence-electron chi connectivity index (χ0n) is 12.8. The Kier molecular flexibility index (Phi) is 4.29. The van der Waals surface area contributed by atoms with Gasteiger partial charge in [0.05, 0.1) is 6.04 Å². The second kappa shape index (κ2) is 5.80. The number of nitrogens with one attached hydrogen (secondary N) is 2. The van der Waals surface area contributed by atoms with Crippen molar-refractivity contribution in [1.29, 1.82) is 0 Å². The normalized spacial score (nSPS) is 16.3. The van der Waals surface area contributed by atoms with E-state index in [-0.39, 0.29) is 17.4 Å². The van der Waals surface area contributed by atoms with Crippen molar-refractivity contribution in [3.63, 3.8) is 0 Å². The van der Waals surface area contributed by atoms with Crippen LogP contribution in [0.15, 0.2) is 41.5 Å². The monoisotopic (exact) mass is 272 g/mol. The first kappa shape index (κ1) is 14.8. The summed E-state index contributed by atoms with van der Waals surface area (Å²) in [5.41, 5.74) is 3.19. The van der Waals surface area contributed by atoms with Crippen LogP contribution in [-0.2, 0) is 4.79 Å². The summed E-state index contributed by atoms with van der Waals surface area (Å²) >= 11 is 0. The molecule has 3 nitrogen and oxygen atoms in total. The summed E-state index contributed by atoms with van der Waals surface area (Å²) in [6.07, 6.45) is 0. The van der Waals surface area contributed by atoms with Gasteiger partial charge in [-0.2, -0.15) is 0 Å². The lowest BCUT2D eigenvalue weighted by molar-refractivity contribution is -0.119. The average molecular weight is 272 g/mol. The highest BCUT2D eigenvalue weighted by molar-refractivity contribution is 5.94. The second-order valence-electron chi connectivity index (χ2n) is 6.52. The minimum atomic E-state index is -0.0280. The van der Waals surface area contributed by atoms with Gasteiger partial charge >= 0.3 is 0 Å². The lowest BCUT2D eigenvalue weighted by Crippen LogP contribution is -2.40. The number of carbonyl (C=O) groups is 1. The van der Waals surface area contributed by atoms with Gasteiger partial charge in [-0.3, -0.25) is 4.79 Å². The molecule has 0 bridgehead atoms. The molecule has 1 amide bonds. The first-order chi connectivity index (χ1) is 9.39. The fraction of sp³-hybridized carbons (Fsp3) is 0.471. The molecule has 0 spiro atoms. The lowest BCUT2D eigenvalue weighted by atomic mass is 9.82. The summed E-state index contributed by atoms with van der Waals surface area (Å²) in [4.78, 5) is 12.4. The molecule has 0 saturated carbocycles. The van der Waals surface area contributed by atoms with E-state index < -0.39 is 0 Å². The number of amides is 1. The molecule has 108 valence electrons. The highest BCUT2D eigenvalue weighted by atomic mass is 16.1. The van der Waals surface area contributed by atoms with Crippen molar-refractivity contribution in [2.24, 2.45) is 5.41 Å². The van der Waals surface area contributed by atoms with Gasteiger partial charge in [0.25, 0.3) is 0 Å². The van der Waals surface area contributed by atoms with E-state index in [0.717, 1.165) is 24.2 Å². The van der Waals surface area contributed by atoms with E-state index in [4.69, 9.17) is 0 Å². The summed E-state index contributed by atoms with van der Waals surface area (Å²) in [5.74, 6) is 0.0466. The number of rotatable bonds is 3. The van der Waals surface area contributed by atoms with Crippen molar-refractivity contribution in [2.75, 3.05) is 13.1 Å². The van der Waals surface area contributed by atoms with Crippen molar-refractivity contribution < 1.29 is 4.79 Å². The molecule has 1 aliphatic rings. The quantitative estimate of drug-likeness (QED) is 0.831. The minimum Gasteiger partial charge on any atom is -0.345 e. The molecule has 1 saturated heterocycles. The zero-order valence-corrected chi connectivity index (χ0v) is 12.8. The molecule has 0 aromatic heterocycles. The molecule has 1 aliphatic heterocycles. The number of benzene rings is 1. The predicted octanol–water partition coefficient (Wildman–Crippen LogP) is 2.81. The van der Waals surface area contributed by atoms with Crippen LogP contribution in [0.25, 0.3) is 0 Å². The molecular formula is C17H24N2O. The van der Waals surface area contributed by atoms with Gasteiger partial charge in [0.1, 0.15) is 0 Å². The van der Waals surface area contributed by atoms with Gasteiger partial charge in [0.2, 0.25) is 5.91 Å². The molecule has 1 aromatic carbocycles. The highest BCUT2D eigenvalue weighted by Crippen LogP contribution is 2.32. The van der Waals surface area contributed by atoms with E-state index in [1.807, 2.05) is 25.1 Å². The third-order valence-corrected chi connectivity index (χ3v) is 3.82. The molecule has 1 unspecified atom stereocenters.